The first-order chi connectivity index (χ1) is 7.47. The Hall–Kier alpha value is 0.270. The number of rotatable bonds is 2. The number of hydrogen-bond donors (Lipinski definition) is 0. The van der Waals surface area contributed by atoms with E-state index in [1.807, 2.05) is 11.8 Å². The number of thioether (sulfide) groups is 1. The van der Waals surface area contributed by atoms with Crippen molar-refractivity contribution in [3.05, 3.63) is 16.1 Å². The summed E-state index contributed by atoms with van der Waals surface area (Å²) < 4.78 is 0. The minimum Gasteiger partial charge on any atom is -0.246 e. The lowest BCUT2D eigenvalue weighted by atomic mass is 9.93. The van der Waals surface area contributed by atoms with Gasteiger partial charge in [-0.05, 0) is 11.7 Å². The predicted octanol–water partition coefficient (Wildman–Crippen LogP) is 3.95. The first-order valence-corrected chi connectivity index (χ1v) is 8.10. The molecule has 0 aliphatic carbocycles. The van der Waals surface area contributed by atoms with Crippen molar-refractivity contribution in [3.8, 4) is 0 Å². The maximum atomic E-state index is 6.28. The molecule has 2 rings (SSSR count). The van der Waals surface area contributed by atoms with Gasteiger partial charge in [0.2, 0.25) is 0 Å². The van der Waals surface area contributed by atoms with Crippen LogP contribution in [0.15, 0.2) is 5.38 Å². The maximum absolute atomic E-state index is 6.28. The van der Waals surface area contributed by atoms with E-state index in [1.54, 1.807) is 11.3 Å². The topological polar surface area (TPSA) is 12.9 Å². The van der Waals surface area contributed by atoms with Gasteiger partial charge in [0, 0.05) is 28.3 Å². The number of aromatic nitrogens is 1. The number of halogens is 1. The number of hydrogen-bond acceptors (Lipinski definition) is 3. The zero-order chi connectivity index (χ0) is 11.8. The van der Waals surface area contributed by atoms with Gasteiger partial charge >= 0.3 is 0 Å². The standard InChI is InChI=1S/C12H18ClNS2/c1-12(2,3)10-7-16-11(14-10)4-8-5-15-6-9(8)13/h7-9H,4-6H2,1-3H3. The lowest BCUT2D eigenvalue weighted by molar-refractivity contribution is 0.561. The van der Waals surface area contributed by atoms with E-state index in [1.165, 1.54) is 16.5 Å². The Morgan fingerprint density at radius 3 is 2.69 bits per heavy atom. The molecule has 1 aromatic heterocycles. The fourth-order valence-electron chi connectivity index (χ4n) is 1.73. The summed E-state index contributed by atoms with van der Waals surface area (Å²) in [4.78, 5) is 4.73. The lowest BCUT2D eigenvalue weighted by Gasteiger charge is -2.14. The molecule has 1 aromatic rings. The Morgan fingerprint density at radius 1 is 1.44 bits per heavy atom. The Morgan fingerprint density at radius 2 is 2.19 bits per heavy atom. The summed E-state index contributed by atoms with van der Waals surface area (Å²) in [5, 5.41) is 3.79. The second-order valence-corrected chi connectivity index (χ2v) is 7.97. The fraction of sp³-hybridized carbons (Fsp3) is 0.750. The second-order valence-electron chi connectivity index (χ2n) is 5.39. The fourth-order valence-corrected chi connectivity index (χ4v) is 4.69. The van der Waals surface area contributed by atoms with E-state index in [9.17, 15) is 0 Å². The molecule has 0 aromatic carbocycles. The van der Waals surface area contributed by atoms with E-state index >= 15 is 0 Å². The quantitative estimate of drug-likeness (QED) is 0.758. The molecule has 0 radical (unpaired) electrons. The van der Waals surface area contributed by atoms with Crippen molar-refractivity contribution >= 4 is 34.7 Å². The van der Waals surface area contributed by atoms with Crippen LogP contribution in [0.25, 0.3) is 0 Å². The molecule has 0 bridgehead atoms. The SMILES string of the molecule is CC(C)(C)c1csc(CC2CSCC2Cl)n1. The van der Waals surface area contributed by atoms with E-state index in [0.29, 0.717) is 11.3 Å². The smallest absolute Gasteiger partial charge is 0.0932 e. The summed E-state index contributed by atoms with van der Waals surface area (Å²) in [5.41, 5.74) is 1.38. The van der Waals surface area contributed by atoms with Crippen molar-refractivity contribution < 1.29 is 0 Å². The van der Waals surface area contributed by atoms with Gasteiger partial charge in [-0.1, -0.05) is 20.8 Å². The van der Waals surface area contributed by atoms with Crippen LogP contribution >= 0.6 is 34.7 Å². The Balaban J connectivity index is 2.03. The molecule has 2 atom stereocenters. The molecule has 1 saturated heterocycles. The summed E-state index contributed by atoms with van der Waals surface area (Å²) in [6.07, 6.45) is 1.06. The maximum Gasteiger partial charge on any atom is 0.0932 e. The monoisotopic (exact) mass is 275 g/mol. The Labute approximate surface area is 111 Å². The third kappa shape index (κ3) is 2.93. The van der Waals surface area contributed by atoms with Crippen molar-refractivity contribution in [2.75, 3.05) is 11.5 Å². The van der Waals surface area contributed by atoms with E-state index < -0.39 is 0 Å². The van der Waals surface area contributed by atoms with Crippen LogP contribution in [0.2, 0.25) is 0 Å². The van der Waals surface area contributed by atoms with E-state index in [2.05, 4.69) is 26.2 Å². The van der Waals surface area contributed by atoms with Crippen molar-refractivity contribution in [1.29, 1.82) is 0 Å². The van der Waals surface area contributed by atoms with Crippen LogP contribution in [0.1, 0.15) is 31.5 Å². The third-order valence-corrected chi connectivity index (χ3v) is 5.70. The predicted molar refractivity (Wildman–Crippen MR) is 75.0 cm³/mol. The van der Waals surface area contributed by atoms with E-state index in [0.717, 1.165) is 12.2 Å². The molecule has 1 aliphatic rings. The highest BCUT2D eigenvalue weighted by molar-refractivity contribution is 7.99. The molecule has 4 heteroatoms. The van der Waals surface area contributed by atoms with Gasteiger partial charge in [0.25, 0.3) is 0 Å². The average Bonchev–Trinajstić information content (AvgIpc) is 2.76. The first kappa shape index (κ1) is 12.7. The van der Waals surface area contributed by atoms with Gasteiger partial charge in [0.05, 0.1) is 10.7 Å². The van der Waals surface area contributed by atoms with Crippen LogP contribution in [0, 0.1) is 5.92 Å². The molecular formula is C12H18ClNS2. The third-order valence-electron chi connectivity index (χ3n) is 2.88. The molecule has 0 spiro atoms. The molecule has 1 fully saturated rings. The molecule has 0 saturated carbocycles. The molecule has 2 heterocycles. The number of alkyl halides is 1. The van der Waals surface area contributed by atoms with Crippen LogP contribution in [-0.4, -0.2) is 21.9 Å². The van der Waals surface area contributed by atoms with E-state index in [-0.39, 0.29) is 5.41 Å². The summed E-state index contributed by atoms with van der Waals surface area (Å²) in [6, 6.07) is 0. The summed E-state index contributed by atoms with van der Waals surface area (Å²) in [6.45, 7) is 6.63. The zero-order valence-corrected chi connectivity index (χ0v) is 12.4. The van der Waals surface area contributed by atoms with Gasteiger partial charge in [0.15, 0.2) is 0 Å². The van der Waals surface area contributed by atoms with E-state index in [4.69, 9.17) is 16.6 Å². The largest absolute Gasteiger partial charge is 0.246 e. The zero-order valence-electron chi connectivity index (χ0n) is 10.00. The highest BCUT2D eigenvalue weighted by Crippen LogP contribution is 2.32. The minimum absolute atomic E-state index is 0.166. The molecule has 0 amide bonds. The van der Waals surface area contributed by atoms with Gasteiger partial charge in [-0.3, -0.25) is 0 Å². The van der Waals surface area contributed by atoms with Crippen LogP contribution < -0.4 is 0 Å². The molecule has 2 unspecified atom stereocenters. The molecule has 90 valence electrons. The molecular weight excluding hydrogens is 258 g/mol. The van der Waals surface area contributed by atoms with Crippen LogP contribution in [0.5, 0.6) is 0 Å². The van der Waals surface area contributed by atoms with Crippen molar-refractivity contribution in [2.24, 2.45) is 5.92 Å². The number of thiazole rings is 1. The van der Waals surface area contributed by atoms with Gasteiger partial charge in [-0.2, -0.15) is 11.8 Å². The average molecular weight is 276 g/mol. The van der Waals surface area contributed by atoms with Crippen LogP contribution in [-0.2, 0) is 11.8 Å². The summed E-state index contributed by atoms with van der Waals surface area (Å²) in [5.74, 6) is 2.91. The van der Waals surface area contributed by atoms with Gasteiger partial charge in [-0.25, -0.2) is 4.98 Å². The molecule has 1 aliphatic heterocycles. The molecule has 0 N–H and O–H groups in total. The van der Waals surface area contributed by atoms with Gasteiger partial charge in [0.1, 0.15) is 0 Å². The molecule has 1 nitrogen and oxygen atoms in total. The van der Waals surface area contributed by atoms with Crippen LogP contribution in [0.3, 0.4) is 0 Å². The van der Waals surface area contributed by atoms with Crippen molar-refractivity contribution in [1.82, 2.24) is 4.98 Å². The first-order valence-electron chi connectivity index (χ1n) is 5.63. The number of nitrogens with zero attached hydrogens (tertiary/aromatic N) is 1. The Bertz CT molecular complexity index is 356. The van der Waals surface area contributed by atoms with Gasteiger partial charge < -0.3 is 0 Å². The lowest BCUT2D eigenvalue weighted by Crippen LogP contribution is -2.15. The second kappa shape index (κ2) is 4.87. The highest BCUT2D eigenvalue weighted by Gasteiger charge is 2.27. The Kier molecular flexibility index (Phi) is 3.87. The van der Waals surface area contributed by atoms with Gasteiger partial charge in [-0.15, -0.1) is 22.9 Å². The van der Waals surface area contributed by atoms with Crippen molar-refractivity contribution in [3.63, 3.8) is 0 Å². The highest BCUT2D eigenvalue weighted by atomic mass is 35.5. The summed E-state index contributed by atoms with van der Waals surface area (Å²) in [7, 11) is 0. The van der Waals surface area contributed by atoms with Crippen LogP contribution in [0.4, 0.5) is 0 Å². The molecule has 16 heavy (non-hydrogen) atoms. The summed E-state index contributed by atoms with van der Waals surface area (Å²) >= 11 is 10.0. The minimum atomic E-state index is 0.166. The van der Waals surface area contributed by atoms with Crippen molar-refractivity contribution in [2.45, 2.75) is 38.0 Å². The normalized spacial score (nSPS) is 26.2.